The van der Waals surface area contributed by atoms with Gasteiger partial charge < -0.3 is 90.3 Å². The first-order chi connectivity index (χ1) is 65.0. The number of carboxylic acid groups (broad SMARTS) is 1. The molecule has 0 saturated carbocycles. The maximum absolute atomic E-state index is 14.9. The number of amides is 3. The number of carboxylic acids is 1. The number of fused-ring (bicyclic) bond motifs is 3. The van der Waals surface area contributed by atoms with E-state index in [1.807, 2.05) is 81.4 Å². The Kier molecular flexibility index (Phi) is 39.9. The van der Waals surface area contributed by atoms with Gasteiger partial charge in [0.05, 0.1) is 61.9 Å². The van der Waals surface area contributed by atoms with Crippen LogP contribution in [0, 0.1) is 55.7 Å². The largest absolute Gasteiger partial charge is 1.00 e. The van der Waals surface area contributed by atoms with E-state index in [4.69, 9.17) is 33.2 Å². The minimum Gasteiger partial charge on any atom is -0.870 e. The van der Waals surface area contributed by atoms with Crippen molar-refractivity contribution in [2.24, 2.45) is 42.3 Å². The Morgan fingerprint density at radius 1 is 0.454 bits per heavy atom. The van der Waals surface area contributed by atoms with Crippen LogP contribution in [0.5, 0.6) is 17.2 Å². The zero-order chi connectivity index (χ0) is 102. The molecule has 4 aliphatic heterocycles. The molecule has 6 atom stereocenters. The molecular weight excluding hydrogens is 1910 g/mol. The molecule has 0 spiro atoms. The summed E-state index contributed by atoms with van der Waals surface area (Å²) < 4.78 is 137. The van der Waals surface area contributed by atoms with Crippen LogP contribution in [-0.2, 0) is 114 Å². The van der Waals surface area contributed by atoms with Crippen molar-refractivity contribution in [3.8, 4) is 39.5 Å². The number of anilines is 3. The summed E-state index contributed by atoms with van der Waals surface area (Å²) in [6.45, 7) is 25.6. The Morgan fingerprint density at radius 2 is 0.738 bits per heavy atom. The summed E-state index contributed by atoms with van der Waals surface area (Å²) in [4.78, 5) is 150. The van der Waals surface area contributed by atoms with Gasteiger partial charge in [-0.05, 0) is 219 Å². The number of aromatic nitrogens is 6. The average Bonchev–Trinajstić information content (AvgIpc) is 1.71. The second-order valence-corrected chi connectivity index (χ2v) is 36.3. The zero-order valence-electron chi connectivity index (χ0n) is 83.1. The standard InChI is InChI=1S/C31H36F2N4O6.C31H40F2N2O6.C30H34F2N4O6.C7H9BrN2O2.Li.2H2O/c1-7-16(2)34-19-14-22(32)26(23(33)15-19)28(38)35-24(30(40)42-6)13-18-10-11-21(27-20(18)9-8-12-43-27)25-17(3)36(4)31(41)37(5)29(25)39;1-8-17(2)34-19-15-22(32)25(23(33)16-19)27(36)35-24(28(37)38-7)14-18-11-12-21(26-20(18)10-9-13-39-26)29-40-30(3,4)31(5,6)41-29;1-6-15(2)33-18-13-21(31)25(22(32)14-18)27(37)34-23(29(39)40)12-17-9-10-20(26-19(17)8-7-11-42-26)24-16(3)35(4)30(41)36(5)28(24)38;1-4-5(8)6(11)10(3)7(12)9(4)2;;;/h10-11,14-16,24,34H,7-9,12-13H2,1-6H3,(H,35,38);11-12,15-17,24,29,34H,8-10,13-14H2,1-7H3,(H,35,36);9-10,13-15,23,33H,6-8,11-12H2,1-5H3,(H,34,37)(H,39,40);1-3H3;;2*1H2/q;;;;+1;;/p-1/t16-,24-;17-,24-;15-,23-;;;;/m000..../s1. The molecule has 1 saturated heterocycles. The normalized spacial score (nSPS) is 14.8. The predicted molar refractivity (Wildman–Crippen MR) is 516 cm³/mol. The fraction of sp³-hybridized carbons (Fsp3) is 0.455. The first-order valence-corrected chi connectivity index (χ1v) is 46.0. The molecule has 0 bridgehead atoms. The summed E-state index contributed by atoms with van der Waals surface area (Å²) in [5, 5.41) is 26.0. The maximum Gasteiger partial charge on any atom is 1.00 e. The Balaban J connectivity index is 0.000000268. The number of carbonyl (C=O) groups is 6. The Hall–Kier alpha value is -12.5. The van der Waals surface area contributed by atoms with Crippen LogP contribution in [0.2, 0.25) is 0 Å². The molecule has 13 rings (SSSR count). The summed E-state index contributed by atoms with van der Waals surface area (Å²) >= 11 is 3.12. The molecule has 141 heavy (non-hydrogen) atoms. The van der Waals surface area contributed by atoms with Crippen molar-refractivity contribution in [1.29, 1.82) is 0 Å². The maximum atomic E-state index is 14.9. The van der Waals surface area contributed by atoms with E-state index in [1.165, 1.54) is 42.0 Å². The topological polar surface area (TPSA) is 453 Å². The van der Waals surface area contributed by atoms with Crippen molar-refractivity contribution < 1.29 is 123 Å². The van der Waals surface area contributed by atoms with Crippen molar-refractivity contribution in [2.45, 2.75) is 221 Å². The van der Waals surface area contributed by atoms with Crippen LogP contribution in [0.3, 0.4) is 0 Å². The summed E-state index contributed by atoms with van der Waals surface area (Å²) in [6.07, 6.45) is 5.11. The van der Waals surface area contributed by atoms with Crippen LogP contribution >= 0.6 is 15.9 Å². The number of methoxy groups -OCH3 is 2. The van der Waals surface area contributed by atoms with Crippen LogP contribution in [-0.4, -0.2) is 161 Å². The summed E-state index contributed by atoms with van der Waals surface area (Å²) in [6, 6.07) is 12.4. The molecule has 9 aromatic rings. The molecule has 3 aromatic heterocycles. The number of rotatable bonds is 27. The summed E-state index contributed by atoms with van der Waals surface area (Å²) in [5.41, 5.74) is 2.56. The van der Waals surface area contributed by atoms with Gasteiger partial charge in [0.15, 0.2) is 6.29 Å². The SMILES string of the molecule is CC[C@H](C)Nc1cc(F)c(C(=O)N[C@@H](Cc2ccc(-c3c(C)n(C)c(=O)n(C)c3=O)c3c2CCCO3)C(=O)O)c(F)c1.CC[C@H](C)Nc1cc(F)c(C(=O)N[C@@H](Cc2ccc(-c3c(C)n(C)c(=O)n(C)c3=O)c3c2CCCO3)C(=O)OC)c(F)c1.CC[C@H](C)Nc1cc(F)c(C(=O)N[C@@H](Cc2ccc(C3OC(C)(C)C(C)(C)O3)c3c2CCCO3)C(=O)OC)c(F)c1.Cc1c(Br)c(=O)n(C)c(=O)n1C.O.[Li+].[OH-]. The van der Waals surface area contributed by atoms with Crippen LogP contribution in [0.25, 0.3) is 22.3 Å². The van der Waals surface area contributed by atoms with Crippen molar-refractivity contribution >= 4 is 68.6 Å². The van der Waals surface area contributed by atoms with E-state index in [9.17, 15) is 89.0 Å². The fourth-order valence-electron chi connectivity index (χ4n) is 16.2. The number of halogens is 7. The molecule has 0 unspecified atom stereocenters. The molecule has 6 aromatic carbocycles. The Bertz CT molecular complexity index is 6490. The third kappa shape index (κ3) is 25.5. The van der Waals surface area contributed by atoms with E-state index in [2.05, 4.69) is 47.8 Å². The molecule has 3 amide bonds. The van der Waals surface area contributed by atoms with E-state index < -0.39 is 145 Å². The molecule has 0 aliphatic carbocycles. The molecule has 1 fully saturated rings. The third-order valence-corrected chi connectivity index (χ3v) is 26.7. The number of benzene rings is 6. The quantitative estimate of drug-likeness (QED) is 0.0144. The summed E-state index contributed by atoms with van der Waals surface area (Å²) in [5.74, 6) is -11.3. The Morgan fingerprint density at radius 3 is 1.05 bits per heavy atom. The van der Waals surface area contributed by atoms with Gasteiger partial charge in [0.2, 0.25) is 0 Å². The molecule has 4 aliphatic rings. The first kappa shape index (κ1) is 115. The van der Waals surface area contributed by atoms with Crippen molar-refractivity contribution in [2.75, 3.05) is 50.0 Å². The van der Waals surface area contributed by atoms with Gasteiger partial charge in [0.1, 0.15) is 91.4 Å². The van der Waals surface area contributed by atoms with Gasteiger partial charge in [0, 0.05) is 125 Å². The number of nitrogens with zero attached hydrogens (tertiary/aromatic N) is 6. The van der Waals surface area contributed by atoms with Crippen LogP contribution in [0.15, 0.2) is 106 Å². The van der Waals surface area contributed by atoms with Crippen LogP contribution < -0.4 is 98.7 Å². The minimum absolute atomic E-state index is 0. The van der Waals surface area contributed by atoms with E-state index in [0.29, 0.717) is 131 Å². The number of nitrogens with one attached hydrogen (secondary N) is 6. The zero-order valence-corrected chi connectivity index (χ0v) is 84.6. The van der Waals surface area contributed by atoms with Crippen molar-refractivity contribution in [3.63, 3.8) is 0 Å². The average molecular weight is 2030 g/mol. The molecule has 42 heteroatoms. The smallest absolute Gasteiger partial charge is 0.870 e. The molecule has 0 radical (unpaired) electrons. The molecule has 10 N–H and O–H groups in total. The monoisotopic (exact) mass is 2030 g/mol. The van der Waals surface area contributed by atoms with Crippen LogP contribution in [0.4, 0.5) is 43.4 Å². The van der Waals surface area contributed by atoms with Gasteiger partial charge in [-0.25, -0.2) is 55.1 Å². The van der Waals surface area contributed by atoms with E-state index in [0.717, 1.165) is 98.7 Å². The predicted octanol–water partition coefficient (Wildman–Crippen LogP) is 8.46. The van der Waals surface area contributed by atoms with Gasteiger partial charge in [-0.1, -0.05) is 51.1 Å². The van der Waals surface area contributed by atoms with Gasteiger partial charge in [-0.3, -0.25) is 47.0 Å². The molecule has 34 nitrogen and oxygen atoms in total. The van der Waals surface area contributed by atoms with Crippen molar-refractivity contribution in [1.82, 2.24) is 43.4 Å². The van der Waals surface area contributed by atoms with Gasteiger partial charge in [-0.15, -0.1) is 0 Å². The van der Waals surface area contributed by atoms with E-state index in [1.54, 1.807) is 66.2 Å². The second kappa shape index (κ2) is 48.8. The van der Waals surface area contributed by atoms with E-state index >= 15 is 0 Å². The van der Waals surface area contributed by atoms with E-state index in [-0.39, 0.29) is 101 Å². The number of carbonyl (C=O) groups excluding carboxylic acids is 5. The number of ether oxygens (including phenoxy) is 7. The van der Waals surface area contributed by atoms with Gasteiger partial charge in [0.25, 0.3) is 34.4 Å². The first-order valence-electron chi connectivity index (χ1n) is 45.2. The second-order valence-electron chi connectivity index (χ2n) is 35.5. The van der Waals surface area contributed by atoms with Crippen LogP contribution in [0.1, 0.15) is 201 Å². The minimum atomic E-state index is -1.52. The number of hydrogen-bond donors (Lipinski definition) is 7. The van der Waals surface area contributed by atoms with Gasteiger partial charge >= 0.3 is 53.8 Å². The summed E-state index contributed by atoms with van der Waals surface area (Å²) in [7, 11) is 11.3. The fourth-order valence-corrected chi connectivity index (χ4v) is 16.7. The third-order valence-electron chi connectivity index (χ3n) is 25.7. The van der Waals surface area contributed by atoms with Crippen molar-refractivity contribution in [3.05, 3.63) is 247 Å². The number of esters is 2. The number of aliphatic carboxylic acids is 1. The number of hydrogen-bond acceptors (Lipinski definition) is 23. The Labute approximate surface area is 830 Å². The molecule has 7 heterocycles. The molecule has 760 valence electrons. The van der Waals surface area contributed by atoms with Gasteiger partial charge in [-0.2, -0.15) is 0 Å². The molecular formula is C99H122BrF6LiN12O22.